The molecule has 2 aromatic carbocycles. The lowest BCUT2D eigenvalue weighted by Gasteiger charge is -2.51. The average molecular weight is 518 g/mol. The van der Waals surface area contributed by atoms with E-state index in [1.54, 1.807) is 5.01 Å². The Hall–Kier alpha value is -3.08. The first-order valence-electron chi connectivity index (χ1n) is 10.9. The first-order valence-corrected chi connectivity index (χ1v) is 12.2. The molecule has 3 aliphatic heterocycles. The van der Waals surface area contributed by atoms with Gasteiger partial charge < -0.3 is 14.7 Å². The van der Waals surface area contributed by atoms with E-state index in [1.807, 2.05) is 24.3 Å². The third-order valence-electron chi connectivity index (χ3n) is 6.62. The highest BCUT2D eigenvalue weighted by Gasteiger charge is 2.46. The van der Waals surface area contributed by atoms with Crippen LogP contribution in [0.3, 0.4) is 0 Å². The lowest BCUT2D eigenvalue weighted by molar-refractivity contribution is -0.0197. The number of aromatic hydroxyl groups is 1. The highest BCUT2D eigenvalue weighted by Crippen LogP contribution is 2.45. The number of nitrogens with zero attached hydrogens (tertiary/aromatic N) is 3. The molecule has 0 spiro atoms. The Morgan fingerprint density at radius 1 is 1.11 bits per heavy atom. The van der Waals surface area contributed by atoms with Crippen LogP contribution in [0.25, 0.3) is 0 Å². The minimum atomic E-state index is -0.949. The maximum Gasteiger partial charge on any atom is 0.278 e. The molecule has 4 heterocycles. The van der Waals surface area contributed by atoms with Crippen molar-refractivity contribution in [3.05, 3.63) is 91.9 Å². The van der Waals surface area contributed by atoms with Crippen LogP contribution in [0.1, 0.15) is 33.2 Å². The summed E-state index contributed by atoms with van der Waals surface area (Å²) in [5.74, 6) is -2.98. The van der Waals surface area contributed by atoms with E-state index >= 15 is 4.39 Å². The predicted octanol–water partition coefficient (Wildman–Crippen LogP) is 3.63. The van der Waals surface area contributed by atoms with Gasteiger partial charge in [0.05, 0.1) is 25.5 Å². The molecule has 0 unspecified atom stereocenters. The number of hydrogen-bond acceptors (Lipinski definition) is 6. The number of benzene rings is 2. The van der Waals surface area contributed by atoms with Crippen molar-refractivity contribution in [2.45, 2.75) is 22.9 Å². The molecule has 0 saturated carbocycles. The van der Waals surface area contributed by atoms with Crippen molar-refractivity contribution in [2.24, 2.45) is 0 Å². The second kappa shape index (κ2) is 8.25. The number of amides is 1. The van der Waals surface area contributed by atoms with Gasteiger partial charge in [0, 0.05) is 22.8 Å². The van der Waals surface area contributed by atoms with Crippen molar-refractivity contribution in [2.75, 3.05) is 24.8 Å². The predicted molar refractivity (Wildman–Crippen MR) is 125 cm³/mol. The largest absolute Gasteiger partial charge is 0.502 e. The fourth-order valence-corrected chi connectivity index (χ4v) is 6.31. The zero-order valence-electron chi connectivity index (χ0n) is 18.1. The van der Waals surface area contributed by atoms with Gasteiger partial charge in [-0.25, -0.2) is 8.78 Å². The van der Waals surface area contributed by atoms with E-state index < -0.39 is 40.9 Å². The van der Waals surface area contributed by atoms with Gasteiger partial charge in [0.25, 0.3) is 5.91 Å². The fraction of sp³-hybridized carbons (Fsp3) is 0.250. The lowest BCUT2D eigenvalue weighted by Crippen LogP contribution is -2.66. The van der Waals surface area contributed by atoms with E-state index in [-0.39, 0.29) is 41.8 Å². The summed E-state index contributed by atoms with van der Waals surface area (Å²) in [5, 5.41) is 12.2. The minimum Gasteiger partial charge on any atom is -0.502 e. The smallest absolute Gasteiger partial charge is 0.278 e. The van der Waals surface area contributed by atoms with Crippen LogP contribution in [-0.2, 0) is 10.5 Å². The van der Waals surface area contributed by atoms with E-state index in [0.717, 1.165) is 16.5 Å². The third-order valence-corrected chi connectivity index (χ3v) is 8.00. The number of halogens is 3. The van der Waals surface area contributed by atoms with E-state index in [9.17, 15) is 19.1 Å². The van der Waals surface area contributed by atoms with Crippen LogP contribution >= 0.6 is 23.4 Å². The number of carbonyl (C=O) groups is 1. The molecule has 1 saturated heterocycles. The molecule has 1 amide bonds. The van der Waals surface area contributed by atoms with Gasteiger partial charge in [0.15, 0.2) is 23.1 Å². The van der Waals surface area contributed by atoms with Gasteiger partial charge in [-0.15, -0.1) is 11.8 Å². The SMILES string of the molecule is O=C1c2c(O)c(=O)c(Cl)cn2N([C@@H]2c3ccccc3SCc3c2ccc(F)c3F)[C@@H]2COCCN12. The molecule has 1 aromatic heterocycles. The first-order chi connectivity index (χ1) is 16.9. The number of ether oxygens (including phenoxy) is 1. The Morgan fingerprint density at radius 2 is 1.91 bits per heavy atom. The van der Waals surface area contributed by atoms with Crippen LogP contribution in [0.2, 0.25) is 5.02 Å². The maximum absolute atomic E-state index is 15.1. The number of aromatic nitrogens is 1. The van der Waals surface area contributed by atoms with Gasteiger partial charge in [-0.05, 0) is 23.3 Å². The molecule has 7 nitrogen and oxygen atoms in total. The van der Waals surface area contributed by atoms with E-state index in [1.165, 1.54) is 33.6 Å². The van der Waals surface area contributed by atoms with Crippen molar-refractivity contribution in [1.82, 2.24) is 9.58 Å². The summed E-state index contributed by atoms with van der Waals surface area (Å²) < 4.78 is 36.5. The second-order valence-corrected chi connectivity index (χ2v) is 9.86. The fourth-order valence-electron chi connectivity index (χ4n) is 5.01. The summed E-state index contributed by atoms with van der Waals surface area (Å²) in [6.45, 7) is 0.632. The zero-order chi connectivity index (χ0) is 24.4. The summed E-state index contributed by atoms with van der Waals surface area (Å²) >= 11 is 7.55. The number of hydrogen-bond donors (Lipinski definition) is 1. The zero-order valence-corrected chi connectivity index (χ0v) is 19.7. The van der Waals surface area contributed by atoms with E-state index in [2.05, 4.69) is 0 Å². The number of rotatable bonds is 1. The van der Waals surface area contributed by atoms with Gasteiger partial charge >= 0.3 is 0 Å². The van der Waals surface area contributed by atoms with Crippen LogP contribution in [0.4, 0.5) is 8.78 Å². The number of thioether (sulfide) groups is 1. The Balaban J connectivity index is 1.69. The van der Waals surface area contributed by atoms with E-state index in [0.29, 0.717) is 5.56 Å². The second-order valence-electron chi connectivity index (χ2n) is 8.44. The Labute approximate surface area is 207 Å². The number of fused-ring (bicyclic) bond motifs is 4. The molecule has 0 radical (unpaired) electrons. The molecular weight excluding hydrogens is 500 g/mol. The van der Waals surface area contributed by atoms with Crippen LogP contribution in [-0.4, -0.2) is 46.5 Å². The number of carbonyl (C=O) groups excluding carboxylic acids is 1. The average Bonchev–Trinajstić information content (AvgIpc) is 3.02. The molecule has 1 N–H and O–H groups in total. The van der Waals surface area contributed by atoms with Gasteiger partial charge in [0.2, 0.25) is 5.43 Å². The highest BCUT2D eigenvalue weighted by molar-refractivity contribution is 7.98. The van der Waals surface area contributed by atoms with Gasteiger partial charge in [-0.3, -0.25) is 19.3 Å². The quantitative estimate of drug-likeness (QED) is 0.531. The monoisotopic (exact) mass is 517 g/mol. The van der Waals surface area contributed by atoms with Crippen molar-refractivity contribution in [3.63, 3.8) is 0 Å². The number of pyridine rings is 1. The molecule has 3 aromatic rings. The van der Waals surface area contributed by atoms with Crippen molar-refractivity contribution in [1.29, 1.82) is 0 Å². The highest BCUT2D eigenvalue weighted by atomic mass is 35.5. The lowest BCUT2D eigenvalue weighted by atomic mass is 9.93. The normalized spacial score (nSPS) is 21.1. The Kier molecular flexibility index (Phi) is 5.28. The molecule has 0 aliphatic carbocycles. The van der Waals surface area contributed by atoms with Gasteiger partial charge in [-0.1, -0.05) is 35.9 Å². The number of morpholine rings is 1. The van der Waals surface area contributed by atoms with Crippen LogP contribution in [0.5, 0.6) is 5.75 Å². The maximum atomic E-state index is 15.1. The molecule has 6 rings (SSSR count). The van der Waals surface area contributed by atoms with Crippen molar-refractivity contribution < 1.29 is 23.4 Å². The molecule has 35 heavy (non-hydrogen) atoms. The topological polar surface area (TPSA) is 75.0 Å². The van der Waals surface area contributed by atoms with Gasteiger partial charge in [-0.2, -0.15) is 0 Å². The third kappa shape index (κ3) is 3.27. The minimum absolute atomic E-state index is 0.126. The molecule has 3 aliphatic rings. The summed E-state index contributed by atoms with van der Waals surface area (Å²) in [5.41, 5.74) is 0.400. The molecule has 11 heteroatoms. The van der Waals surface area contributed by atoms with E-state index in [4.69, 9.17) is 16.3 Å². The van der Waals surface area contributed by atoms with Crippen molar-refractivity contribution in [3.8, 4) is 5.75 Å². The molecule has 2 atom stereocenters. The first kappa shape index (κ1) is 22.4. The molecule has 1 fully saturated rings. The summed E-state index contributed by atoms with van der Waals surface area (Å²) in [7, 11) is 0. The molecular formula is C24H18ClF2N3O4S. The summed E-state index contributed by atoms with van der Waals surface area (Å²) in [6, 6.07) is 9.39. The molecule has 180 valence electrons. The van der Waals surface area contributed by atoms with Crippen molar-refractivity contribution >= 4 is 29.3 Å². The molecule has 0 bridgehead atoms. The van der Waals surface area contributed by atoms with Gasteiger partial charge in [0.1, 0.15) is 11.2 Å². The van der Waals surface area contributed by atoms with Crippen LogP contribution < -0.4 is 10.4 Å². The standard InChI is InChI=1S/C24H18ClF2N3O4S/c25-15-9-29-21(23(32)22(15)31)24(33)28-7-8-34-10-18(28)30(29)20-12-5-6-16(26)19(27)14(12)11-35-17-4-2-1-3-13(17)20/h1-6,9,18,20,32H,7-8,10-11H2/t18-,20+/m1/s1. The Morgan fingerprint density at radius 3 is 2.74 bits per heavy atom. The van der Waals surface area contributed by atoms with Crippen LogP contribution in [0.15, 0.2) is 52.3 Å². The summed E-state index contributed by atoms with van der Waals surface area (Å²) in [4.78, 5) is 28.2. The Bertz CT molecular complexity index is 1450. The van der Waals surface area contributed by atoms with Crippen LogP contribution in [0, 0.1) is 11.6 Å². The summed E-state index contributed by atoms with van der Waals surface area (Å²) in [6.07, 6.45) is 0.618.